The average molecular weight is 290 g/mol. The molecule has 104 valence electrons. The van der Waals surface area contributed by atoms with Crippen molar-refractivity contribution < 1.29 is 13.2 Å². The third-order valence-electron chi connectivity index (χ3n) is 4.33. The summed E-state index contributed by atoms with van der Waals surface area (Å²) in [4.78, 5) is 17.3. The fraction of sp³-hybridized carbons (Fsp3) is 0.357. The van der Waals surface area contributed by atoms with Crippen LogP contribution in [0, 0.1) is 0 Å². The maximum Gasteiger partial charge on any atom is 0.270 e. The van der Waals surface area contributed by atoms with Crippen LogP contribution in [0.3, 0.4) is 0 Å². The van der Waals surface area contributed by atoms with Gasteiger partial charge in [-0.3, -0.25) is 4.79 Å². The van der Waals surface area contributed by atoms with E-state index in [0.717, 1.165) is 10.9 Å². The molecule has 3 heterocycles. The van der Waals surface area contributed by atoms with Crippen LogP contribution in [0.1, 0.15) is 16.9 Å². The van der Waals surface area contributed by atoms with Gasteiger partial charge in [0.15, 0.2) is 9.84 Å². The lowest BCUT2D eigenvalue weighted by Gasteiger charge is -2.26. The molecule has 6 heteroatoms. The second-order valence-corrected chi connectivity index (χ2v) is 7.89. The fourth-order valence-corrected chi connectivity index (χ4v) is 5.32. The van der Waals surface area contributed by atoms with Crippen LogP contribution in [0.25, 0.3) is 10.9 Å². The van der Waals surface area contributed by atoms with Gasteiger partial charge in [-0.05, 0) is 18.6 Å². The quantitative estimate of drug-likeness (QED) is 0.857. The number of H-pyrrole nitrogens is 1. The Hall–Kier alpha value is -1.82. The van der Waals surface area contributed by atoms with Gasteiger partial charge in [0.2, 0.25) is 0 Å². The molecular weight excluding hydrogens is 276 g/mol. The van der Waals surface area contributed by atoms with E-state index in [2.05, 4.69) is 4.98 Å². The zero-order valence-corrected chi connectivity index (χ0v) is 11.6. The van der Waals surface area contributed by atoms with E-state index in [9.17, 15) is 13.2 Å². The molecule has 2 aliphatic heterocycles. The number of nitrogens with zero attached hydrogens (tertiary/aromatic N) is 1. The number of hydrogen-bond donors (Lipinski definition) is 1. The number of sulfone groups is 1. The van der Waals surface area contributed by atoms with Gasteiger partial charge < -0.3 is 9.88 Å². The van der Waals surface area contributed by atoms with Crippen molar-refractivity contribution in [3.05, 3.63) is 36.0 Å². The first-order valence-electron chi connectivity index (χ1n) is 6.65. The number of rotatable bonds is 1. The van der Waals surface area contributed by atoms with Crippen molar-refractivity contribution in [3.63, 3.8) is 0 Å². The number of carbonyl (C=O) groups is 1. The lowest BCUT2D eigenvalue weighted by atomic mass is 10.2. The zero-order valence-electron chi connectivity index (χ0n) is 10.7. The SMILES string of the molecule is O=C(c1cc2ccccc2[nH]1)N1CC2CC1CS2(=O)=O. The van der Waals surface area contributed by atoms with Crippen molar-refractivity contribution in [2.45, 2.75) is 17.7 Å². The summed E-state index contributed by atoms with van der Waals surface area (Å²) in [5.74, 6) is 0.0208. The van der Waals surface area contributed by atoms with E-state index < -0.39 is 9.84 Å². The van der Waals surface area contributed by atoms with Crippen LogP contribution in [-0.2, 0) is 9.84 Å². The zero-order chi connectivity index (χ0) is 13.9. The normalized spacial score (nSPS) is 27.3. The van der Waals surface area contributed by atoms with Crippen LogP contribution >= 0.6 is 0 Å². The molecule has 0 radical (unpaired) electrons. The molecule has 2 saturated heterocycles. The third-order valence-corrected chi connectivity index (χ3v) is 6.54. The molecule has 20 heavy (non-hydrogen) atoms. The Bertz CT molecular complexity index is 776. The van der Waals surface area contributed by atoms with Crippen molar-refractivity contribution in [3.8, 4) is 0 Å². The molecule has 4 rings (SSSR count). The molecule has 0 aliphatic carbocycles. The van der Waals surface area contributed by atoms with E-state index in [4.69, 9.17) is 0 Å². The summed E-state index contributed by atoms with van der Waals surface area (Å²) in [6.45, 7) is 0.335. The van der Waals surface area contributed by atoms with E-state index in [0.29, 0.717) is 18.7 Å². The van der Waals surface area contributed by atoms with Gasteiger partial charge in [-0.25, -0.2) is 8.42 Å². The lowest BCUT2D eigenvalue weighted by Crippen LogP contribution is -2.44. The second kappa shape index (κ2) is 3.85. The highest BCUT2D eigenvalue weighted by atomic mass is 32.2. The lowest BCUT2D eigenvalue weighted by molar-refractivity contribution is 0.0741. The Labute approximate surface area is 116 Å². The topological polar surface area (TPSA) is 70.2 Å². The van der Waals surface area contributed by atoms with E-state index >= 15 is 0 Å². The average Bonchev–Trinajstić information content (AvgIpc) is 3.07. The van der Waals surface area contributed by atoms with Crippen molar-refractivity contribution in [2.24, 2.45) is 0 Å². The van der Waals surface area contributed by atoms with Crippen LogP contribution in [-0.4, -0.2) is 47.8 Å². The van der Waals surface area contributed by atoms with Gasteiger partial charge in [0.1, 0.15) is 5.69 Å². The Kier molecular flexibility index (Phi) is 2.30. The molecule has 0 saturated carbocycles. The van der Waals surface area contributed by atoms with Crippen LogP contribution in [0.2, 0.25) is 0 Å². The fourth-order valence-electron chi connectivity index (χ4n) is 3.29. The summed E-state index contributed by atoms with van der Waals surface area (Å²) >= 11 is 0. The van der Waals surface area contributed by atoms with Gasteiger partial charge in [-0.15, -0.1) is 0 Å². The molecule has 2 unspecified atom stereocenters. The van der Waals surface area contributed by atoms with Crippen LogP contribution < -0.4 is 0 Å². The number of benzene rings is 1. The van der Waals surface area contributed by atoms with Crippen LogP contribution in [0.4, 0.5) is 0 Å². The number of amides is 1. The van der Waals surface area contributed by atoms with Crippen molar-refractivity contribution in [1.29, 1.82) is 0 Å². The Morgan fingerprint density at radius 3 is 2.75 bits per heavy atom. The number of aromatic nitrogens is 1. The Morgan fingerprint density at radius 2 is 2.10 bits per heavy atom. The summed E-state index contributed by atoms with van der Waals surface area (Å²) in [5.41, 5.74) is 1.46. The maximum atomic E-state index is 12.5. The van der Waals surface area contributed by atoms with Gasteiger partial charge in [0.25, 0.3) is 5.91 Å². The Morgan fingerprint density at radius 1 is 1.30 bits per heavy atom. The number of aromatic amines is 1. The predicted octanol–water partition coefficient (Wildman–Crippen LogP) is 1.18. The maximum absolute atomic E-state index is 12.5. The molecular formula is C14H14N2O3S. The van der Waals surface area contributed by atoms with Crippen molar-refractivity contribution >= 4 is 26.6 Å². The molecule has 2 fully saturated rings. The molecule has 0 spiro atoms. The largest absolute Gasteiger partial charge is 0.351 e. The highest BCUT2D eigenvalue weighted by Crippen LogP contribution is 2.34. The summed E-state index contributed by atoms with van der Waals surface area (Å²) in [5, 5.41) is 0.633. The van der Waals surface area contributed by atoms with Crippen molar-refractivity contribution in [1.82, 2.24) is 9.88 Å². The first-order chi connectivity index (χ1) is 9.54. The van der Waals surface area contributed by atoms with E-state index in [-0.39, 0.29) is 23.0 Å². The number of nitrogens with one attached hydrogen (secondary N) is 1. The minimum absolute atomic E-state index is 0.0939. The first-order valence-corrected chi connectivity index (χ1v) is 8.36. The predicted molar refractivity (Wildman–Crippen MR) is 75.3 cm³/mol. The molecule has 1 aromatic heterocycles. The van der Waals surface area contributed by atoms with Crippen molar-refractivity contribution in [2.75, 3.05) is 12.3 Å². The van der Waals surface area contributed by atoms with Gasteiger partial charge in [-0.2, -0.15) is 0 Å². The first kappa shape index (κ1) is 12.0. The van der Waals surface area contributed by atoms with Crippen LogP contribution in [0.5, 0.6) is 0 Å². The molecule has 2 atom stereocenters. The summed E-state index contributed by atoms with van der Waals surface area (Å²) < 4.78 is 23.4. The van der Waals surface area contributed by atoms with E-state index in [1.165, 1.54) is 0 Å². The standard InChI is InChI=1S/C14H14N2O3S/c17-14(13-5-9-3-1-2-4-12(9)15-13)16-7-11-6-10(16)8-20(11,18)19/h1-5,10-11,15H,6-8H2. The number of carbonyl (C=O) groups excluding carboxylic acids is 1. The minimum Gasteiger partial charge on any atom is -0.351 e. The van der Waals surface area contributed by atoms with E-state index in [1.54, 1.807) is 4.90 Å². The molecule has 2 aromatic rings. The summed E-state index contributed by atoms with van der Waals surface area (Å²) in [6.07, 6.45) is 0.592. The molecule has 1 aromatic carbocycles. The summed E-state index contributed by atoms with van der Waals surface area (Å²) in [6, 6.07) is 9.39. The van der Waals surface area contributed by atoms with E-state index in [1.807, 2.05) is 30.3 Å². The molecule has 1 N–H and O–H groups in total. The highest BCUT2D eigenvalue weighted by Gasteiger charge is 2.50. The molecule has 5 nitrogen and oxygen atoms in total. The minimum atomic E-state index is -2.96. The van der Waals surface area contributed by atoms with Gasteiger partial charge in [0, 0.05) is 23.5 Å². The number of hydrogen-bond acceptors (Lipinski definition) is 3. The number of para-hydroxylation sites is 1. The molecule has 1 amide bonds. The monoisotopic (exact) mass is 290 g/mol. The van der Waals surface area contributed by atoms with Crippen LogP contribution in [0.15, 0.2) is 30.3 Å². The number of likely N-dealkylation sites (tertiary alicyclic amines) is 1. The smallest absolute Gasteiger partial charge is 0.270 e. The Balaban J connectivity index is 1.66. The molecule has 2 aliphatic rings. The third kappa shape index (κ3) is 1.61. The van der Waals surface area contributed by atoms with Gasteiger partial charge in [-0.1, -0.05) is 18.2 Å². The second-order valence-electron chi connectivity index (χ2n) is 5.57. The van der Waals surface area contributed by atoms with Gasteiger partial charge in [0.05, 0.1) is 11.0 Å². The highest BCUT2D eigenvalue weighted by molar-refractivity contribution is 7.92. The number of fused-ring (bicyclic) bond motifs is 3. The summed E-state index contributed by atoms with van der Waals surface area (Å²) in [7, 11) is -2.96. The molecule has 2 bridgehead atoms. The van der Waals surface area contributed by atoms with Gasteiger partial charge >= 0.3 is 0 Å².